The molecule has 0 saturated carbocycles. The number of furan rings is 1. The standard InChI is InChI=1S/C14H13N3O2/c1-10(16-14(18)17-7-6-15-9-17)13-8-11-4-2-3-5-12(11)19-13/h2-10H,1H3,(H,16,18). The van der Waals surface area contributed by atoms with Crippen LogP contribution in [0.15, 0.2) is 53.5 Å². The third kappa shape index (κ3) is 2.22. The highest BCUT2D eigenvalue weighted by molar-refractivity contribution is 5.79. The summed E-state index contributed by atoms with van der Waals surface area (Å²) >= 11 is 0. The lowest BCUT2D eigenvalue weighted by Crippen LogP contribution is -2.29. The number of hydrogen-bond acceptors (Lipinski definition) is 3. The van der Waals surface area contributed by atoms with Crippen molar-refractivity contribution >= 4 is 17.0 Å². The molecular formula is C14H13N3O2. The molecule has 1 N–H and O–H groups in total. The van der Waals surface area contributed by atoms with Crippen LogP contribution in [0.25, 0.3) is 11.0 Å². The second kappa shape index (κ2) is 4.61. The van der Waals surface area contributed by atoms with Gasteiger partial charge in [-0.25, -0.2) is 9.78 Å². The van der Waals surface area contributed by atoms with Gasteiger partial charge in [0.15, 0.2) is 0 Å². The zero-order valence-electron chi connectivity index (χ0n) is 10.4. The SMILES string of the molecule is CC(NC(=O)n1ccnc1)c1cc2ccccc2o1. The molecule has 2 aromatic heterocycles. The fraction of sp³-hybridized carbons (Fsp3) is 0.143. The van der Waals surface area contributed by atoms with Crippen molar-refractivity contribution in [3.8, 4) is 0 Å². The second-order valence-corrected chi connectivity index (χ2v) is 4.33. The summed E-state index contributed by atoms with van der Waals surface area (Å²) in [4.78, 5) is 15.7. The highest BCUT2D eigenvalue weighted by atomic mass is 16.3. The van der Waals surface area contributed by atoms with Crippen molar-refractivity contribution in [2.75, 3.05) is 0 Å². The predicted octanol–water partition coefficient (Wildman–Crippen LogP) is 2.95. The quantitative estimate of drug-likeness (QED) is 0.765. The van der Waals surface area contributed by atoms with E-state index >= 15 is 0 Å². The number of hydrogen-bond donors (Lipinski definition) is 1. The summed E-state index contributed by atoms with van der Waals surface area (Å²) in [5.74, 6) is 0.731. The first-order valence-electron chi connectivity index (χ1n) is 6.01. The third-order valence-corrected chi connectivity index (χ3v) is 2.95. The van der Waals surface area contributed by atoms with Gasteiger partial charge in [-0.3, -0.25) is 4.57 Å². The Morgan fingerprint density at radius 3 is 3.00 bits per heavy atom. The van der Waals surface area contributed by atoms with Gasteiger partial charge < -0.3 is 9.73 Å². The van der Waals surface area contributed by atoms with Crippen LogP contribution in [-0.2, 0) is 0 Å². The molecule has 19 heavy (non-hydrogen) atoms. The van der Waals surface area contributed by atoms with E-state index in [9.17, 15) is 4.79 Å². The van der Waals surface area contributed by atoms with Crippen LogP contribution in [0.3, 0.4) is 0 Å². The highest BCUT2D eigenvalue weighted by Crippen LogP contribution is 2.23. The molecule has 0 radical (unpaired) electrons. The Morgan fingerprint density at radius 2 is 2.26 bits per heavy atom. The monoisotopic (exact) mass is 255 g/mol. The van der Waals surface area contributed by atoms with E-state index in [0.29, 0.717) is 0 Å². The number of para-hydroxylation sites is 1. The molecule has 0 aliphatic heterocycles. The molecule has 5 heteroatoms. The number of aromatic nitrogens is 2. The topological polar surface area (TPSA) is 60.1 Å². The van der Waals surface area contributed by atoms with Crippen LogP contribution in [0.4, 0.5) is 4.79 Å². The molecule has 0 spiro atoms. The van der Waals surface area contributed by atoms with Crippen molar-refractivity contribution in [2.45, 2.75) is 13.0 Å². The summed E-state index contributed by atoms with van der Waals surface area (Å²) in [6, 6.07) is 9.26. The van der Waals surface area contributed by atoms with E-state index in [-0.39, 0.29) is 12.1 Å². The maximum absolute atomic E-state index is 11.9. The van der Waals surface area contributed by atoms with Crippen molar-refractivity contribution in [1.29, 1.82) is 0 Å². The first-order chi connectivity index (χ1) is 9.24. The van der Waals surface area contributed by atoms with Crippen molar-refractivity contribution in [1.82, 2.24) is 14.9 Å². The number of amides is 1. The van der Waals surface area contributed by atoms with Gasteiger partial charge in [0.25, 0.3) is 0 Å². The molecule has 3 aromatic rings. The Morgan fingerprint density at radius 1 is 1.42 bits per heavy atom. The van der Waals surface area contributed by atoms with Gasteiger partial charge in [0.05, 0.1) is 6.04 Å². The van der Waals surface area contributed by atoms with Crippen molar-refractivity contribution < 1.29 is 9.21 Å². The summed E-state index contributed by atoms with van der Waals surface area (Å²) in [6.07, 6.45) is 4.62. The van der Waals surface area contributed by atoms with E-state index in [1.54, 1.807) is 12.4 Å². The van der Waals surface area contributed by atoms with Crippen LogP contribution in [0.1, 0.15) is 18.7 Å². The largest absolute Gasteiger partial charge is 0.459 e. The molecule has 1 aromatic carbocycles. The van der Waals surface area contributed by atoms with Gasteiger partial charge in [-0.1, -0.05) is 18.2 Å². The zero-order chi connectivity index (χ0) is 13.2. The van der Waals surface area contributed by atoms with E-state index < -0.39 is 0 Å². The molecule has 96 valence electrons. The van der Waals surface area contributed by atoms with Gasteiger partial charge in [-0.2, -0.15) is 0 Å². The van der Waals surface area contributed by atoms with Gasteiger partial charge >= 0.3 is 6.03 Å². The number of imidazole rings is 1. The Bertz CT molecular complexity index is 667. The predicted molar refractivity (Wildman–Crippen MR) is 70.8 cm³/mol. The van der Waals surface area contributed by atoms with Crippen LogP contribution in [0, 0.1) is 0 Å². The molecule has 0 aliphatic rings. The molecule has 3 rings (SSSR count). The minimum absolute atomic E-state index is 0.206. The lowest BCUT2D eigenvalue weighted by molar-refractivity contribution is 0.238. The number of benzene rings is 1. The number of carbonyl (C=O) groups excluding carboxylic acids is 1. The minimum Gasteiger partial charge on any atom is -0.459 e. The summed E-state index contributed by atoms with van der Waals surface area (Å²) < 4.78 is 7.10. The van der Waals surface area contributed by atoms with E-state index in [4.69, 9.17) is 4.42 Å². The lowest BCUT2D eigenvalue weighted by Gasteiger charge is -2.11. The van der Waals surface area contributed by atoms with Crippen molar-refractivity contribution in [3.63, 3.8) is 0 Å². The van der Waals surface area contributed by atoms with Gasteiger partial charge in [-0.05, 0) is 19.1 Å². The smallest absolute Gasteiger partial charge is 0.327 e. The summed E-state index contributed by atoms with van der Waals surface area (Å²) in [7, 11) is 0. The maximum atomic E-state index is 11.9. The van der Waals surface area contributed by atoms with E-state index in [2.05, 4.69) is 10.3 Å². The molecule has 2 heterocycles. The molecule has 0 fully saturated rings. The van der Waals surface area contributed by atoms with Gasteiger partial charge in [0.2, 0.25) is 0 Å². The van der Waals surface area contributed by atoms with Crippen LogP contribution in [0.2, 0.25) is 0 Å². The van der Waals surface area contributed by atoms with Gasteiger partial charge in [-0.15, -0.1) is 0 Å². The first kappa shape index (κ1) is 11.5. The summed E-state index contributed by atoms with van der Waals surface area (Å²) in [5, 5.41) is 3.88. The van der Waals surface area contributed by atoms with E-state index in [1.165, 1.54) is 10.9 Å². The molecule has 0 bridgehead atoms. The van der Waals surface area contributed by atoms with Crippen LogP contribution in [0.5, 0.6) is 0 Å². The molecule has 1 amide bonds. The minimum atomic E-state index is -0.231. The van der Waals surface area contributed by atoms with Crippen molar-refractivity contribution in [3.05, 3.63) is 54.8 Å². The van der Waals surface area contributed by atoms with Gasteiger partial charge in [0, 0.05) is 17.8 Å². The Hall–Kier alpha value is -2.56. The normalized spacial score (nSPS) is 12.5. The highest BCUT2D eigenvalue weighted by Gasteiger charge is 2.14. The molecular weight excluding hydrogens is 242 g/mol. The van der Waals surface area contributed by atoms with Gasteiger partial charge in [0.1, 0.15) is 17.7 Å². The number of rotatable bonds is 2. The molecule has 0 saturated heterocycles. The third-order valence-electron chi connectivity index (χ3n) is 2.95. The molecule has 0 aliphatic carbocycles. The van der Waals surface area contributed by atoms with Crippen LogP contribution < -0.4 is 5.32 Å². The van der Waals surface area contributed by atoms with Crippen molar-refractivity contribution in [2.24, 2.45) is 0 Å². The van der Waals surface area contributed by atoms with Crippen LogP contribution >= 0.6 is 0 Å². The second-order valence-electron chi connectivity index (χ2n) is 4.33. The summed E-state index contributed by atoms with van der Waals surface area (Å²) in [6.45, 7) is 1.88. The summed E-state index contributed by atoms with van der Waals surface area (Å²) in [5.41, 5.74) is 0.821. The van der Waals surface area contributed by atoms with Crippen LogP contribution in [-0.4, -0.2) is 15.6 Å². The fourth-order valence-electron chi connectivity index (χ4n) is 1.93. The Balaban J connectivity index is 1.80. The molecule has 5 nitrogen and oxygen atoms in total. The fourth-order valence-corrected chi connectivity index (χ4v) is 1.93. The maximum Gasteiger partial charge on any atom is 0.327 e. The average Bonchev–Trinajstić information content (AvgIpc) is 3.07. The van der Waals surface area contributed by atoms with E-state index in [1.807, 2.05) is 37.3 Å². The Labute approximate surface area is 109 Å². The molecule has 1 unspecified atom stereocenters. The number of fused-ring (bicyclic) bond motifs is 1. The lowest BCUT2D eigenvalue weighted by atomic mass is 10.2. The Kier molecular flexibility index (Phi) is 2.79. The first-order valence-corrected chi connectivity index (χ1v) is 6.01. The number of nitrogens with zero attached hydrogens (tertiary/aromatic N) is 2. The molecule has 1 atom stereocenters. The van der Waals surface area contributed by atoms with E-state index in [0.717, 1.165) is 16.7 Å². The average molecular weight is 255 g/mol. The zero-order valence-corrected chi connectivity index (χ0v) is 10.4. The number of nitrogens with one attached hydrogen (secondary N) is 1. The number of carbonyl (C=O) groups is 1.